The van der Waals surface area contributed by atoms with Crippen LogP contribution < -0.4 is 0 Å². The summed E-state index contributed by atoms with van der Waals surface area (Å²) in [5, 5.41) is 0. The highest BCUT2D eigenvalue weighted by atomic mass is 79.9. The van der Waals surface area contributed by atoms with Gasteiger partial charge >= 0.3 is 0 Å². The highest BCUT2D eigenvalue weighted by molar-refractivity contribution is 9.11. The highest BCUT2D eigenvalue weighted by Gasteiger charge is 2.29. The van der Waals surface area contributed by atoms with Crippen LogP contribution in [0.2, 0.25) is 0 Å². The van der Waals surface area contributed by atoms with E-state index in [0.29, 0.717) is 0 Å². The zero-order chi connectivity index (χ0) is 39.5. The number of benzene rings is 1. The maximum absolute atomic E-state index is 6.92. The molecule has 0 aliphatic carbocycles. The van der Waals surface area contributed by atoms with E-state index in [1.54, 1.807) is 0 Å². The number of nitrogens with zero attached hydrogens (tertiary/aromatic N) is 2. The molecule has 5 aromatic rings. The Morgan fingerprint density at radius 2 is 0.732 bits per heavy atom. The molecule has 4 nitrogen and oxygen atoms in total. The third kappa shape index (κ3) is 13.3. The van der Waals surface area contributed by atoms with Crippen molar-refractivity contribution in [2.45, 2.75) is 207 Å². The average molecular weight is 931 g/mol. The molecule has 0 saturated heterocycles. The number of hydrogen-bond acceptors (Lipinski definition) is 6. The Hall–Kier alpha value is -1.48. The van der Waals surface area contributed by atoms with Crippen LogP contribution in [0.3, 0.4) is 0 Å². The van der Waals surface area contributed by atoms with Crippen LogP contribution >= 0.6 is 54.5 Å². The summed E-state index contributed by atoms with van der Waals surface area (Å²) in [5.74, 6) is 1.67. The van der Waals surface area contributed by atoms with Crippen LogP contribution in [-0.2, 0) is 25.7 Å². The molecule has 0 aliphatic rings. The van der Waals surface area contributed by atoms with Crippen molar-refractivity contribution in [2.75, 3.05) is 0 Å². The van der Waals surface area contributed by atoms with Crippen molar-refractivity contribution in [3.63, 3.8) is 0 Å². The number of aryl methyl sites for hydroxylation is 4. The molecule has 0 atom stereocenters. The summed E-state index contributed by atoms with van der Waals surface area (Å²) in [4.78, 5) is 13.1. The first kappa shape index (κ1) is 45.6. The van der Waals surface area contributed by atoms with Crippen LogP contribution in [0, 0.1) is 0 Å². The SMILES string of the molecule is CCCCCCCCc1nc2c(-c3cc(CCCCCCCC)c(Br)s3)c3oc(CCCCCCCC)nc3c(-c3cc(CCCCCCCC)c(Br)s3)c2o1. The molecule has 4 aromatic heterocycles. The molecule has 0 fully saturated rings. The molecule has 0 unspecified atom stereocenters. The number of halogens is 2. The van der Waals surface area contributed by atoms with Crippen molar-refractivity contribution < 1.29 is 8.83 Å². The minimum absolute atomic E-state index is 0.837. The fourth-order valence-electron chi connectivity index (χ4n) is 8.00. The normalized spacial score (nSPS) is 12.0. The first-order valence-electron chi connectivity index (χ1n) is 22.8. The second-order valence-corrected chi connectivity index (χ2v) is 21.0. The van der Waals surface area contributed by atoms with E-state index in [4.69, 9.17) is 18.8 Å². The fourth-order valence-corrected chi connectivity index (χ4v) is 11.6. The van der Waals surface area contributed by atoms with Gasteiger partial charge in [-0.05, 0) is 93.6 Å². The van der Waals surface area contributed by atoms with Crippen LogP contribution in [0.1, 0.15) is 205 Å². The number of oxazole rings is 2. The van der Waals surface area contributed by atoms with E-state index < -0.39 is 0 Å². The third-order valence-electron chi connectivity index (χ3n) is 11.4. The lowest BCUT2D eigenvalue weighted by Crippen LogP contribution is -1.88. The summed E-state index contributed by atoms with van der Waals surface area (Å²) in [6, 6.07) is 4.79. The van der Waals surface area contributed by atoms with Gasteiger partial charge in [0.2, 0.25) is 0 Å². The smallest absolute Gasteiger partial charge is 0.195 e. The summed E-state index contributed by atoms with van der Waals surface area (Å²) in [7, 11) is 0. The number of rotatable bonds is 30. The Balaban J connectivity index is 1.54. The van der Waals surface area contributed by atoms with E-state index in [1.807, 2.05) is 22.7 Å². The van der Waals surface area contributed by atoms with Crippen molar-refractivity contribution in [1.82, 2.24) is 9.97 Å². The molecule has 0 N–H and O–H groups in total. The summed E-state index contributed by atoms with van der Waals surface area (Å²) in [5.41, 5.74) is 8.48. The van der Waals surface area contributed by atoms with Gasteiger partial charge in [-0.1, -0.05) is 156 Å². The lowest BCUT2D eigenvalue weighted by molar-refractivity contribution is 0.505. The predicted octanol–water partition coefficient (Wildman–Crippen LogP) is 18.6. The third-order valence-corrected chi connectivity index (χ3v) is 15.3. The second kappa shape index (κ2) is 25.2. The van der Waals surface area contributed by atoms with Crippen LogP contribution in [-0.4, -0.2) is 9.97 Å². The molecule has 56 heavy (non-hydrogen) atoms. The molecule has 0 aliphatic heterocycles. The van der Waals surface area contributed by atoms with Crippen molar-refractivity contribution in [3.8, 4) is 20.9 Å². The molecule has 0 saturated carbocycles. The van der Waals surface area contributed by atoms with Gasteiger partial charge in [-0.25, -0.2) is 9.97 Å². The van der Waals surface area contributed by atoms with Crippen molar-refractivity contribution in [1.29, 1.82) is 0 Å². The summed E-state index contributed by atoms with van der Waals surface area (Å²) in [6.07, 6.45) is 34.4. The lowest BCUT2D eigenvalue weighted by atomic mass is 10.0. The predicted molar refractivity (Wildman–Crippen MR) is 252 cm³/mol. The minimum Gasteiger partial charge on any atom is -0.440 e. The molecule has 0 radical (unpaired) electrons. The zero-order valence-electron chi connectivity index (χ0n) is 35.2. The zero-order valence-corrected chi connectivity index (χ0v) is 40.0. The average Bonchev–Trinajstić information content (AvgIpc) is 3.98. The van der Waals surface area contributed by atoms with Crippen molar-refractivity contribution in [2.24, 2.45) is 0 Å². The van der Waals surface area contributed by atoms with Crippen LogP contribution in [0.5, 0.6) is 0 Å². The molecule has 1 aromatic carbocycles. The van der Waals surface area contributed by atoms with E-state index in [-0.39, 0.29) is 0 Å². The van der Waals surface area contributed by atoms with Crippen molar-refractivity contribution >= 4 is 76.7 Å². The second-order valence-electron chi connectivity index (χ2n) is 16.2. The number of aromatic nitrogens is 2. The molecule has 4 heterocycles. The molecule has 8 heteroatoms. The summed E-state index contributed by atoms with van der Waals surface area (Å²) < 4.78 is 16.3. The highest BCUT2D eigenvalue weighted by Crippen LogP contribution is 2.49. The Kier molecular flexibility index (Phi) is 20.5. The standard InChI is InChI=1S/C48H70Br2N2O2S2/c1-5-9-13-17-21-25-29-35-33-37(55-47(35)49)41-43-46(54-39(51-43)31-27-23-19-15-11-7-3)42(38-34-36(48(50)56-38)30-26-22-18-14-10-6-2)44-45(41)53-40(52-44)32-28-24-20-16-12-8-4/h33-34H,5-32H2,1-4H3. The van der Waals surface area contributed by atoms with E-state index in [9.17, 15) is 0 Å². The van der Waals surface area contributed by atoms with Gasteiger partial charge < -0.3 is 8.83 Å². The fraction of sp³-hybridized carbons (Fsp3) is 0.667. The molecule has 5 rings (SSSR count). The number of hydrogen-bond donors (Lipinski definition) is 0. The van der Waals surface area contributed by atoms with Gasteiger partial charge in [0, 0.05) is 22.6 Å². The van der Waals surface area contributed by atoms with Gasteiger partial charge in [-0.3, -0.25) is 0 Å². The van der Waals surface area contributed by atoms with Gasteiger partial charge in [0.25, 0.3) is 0 Å². The molecule has 0 spiro atoms. The molecule has 0 bridgehead atoms. The first-order valence-corrected chi connectivity index (χ1v) is 26.0. The molecule has 0 amide bonds. The van der Waals surface area contributed by atoms with Gasteiger partial charge in [0.05, 0.1) is 18.7 Å². The monoisotopic (exact) mass is 928 g/mol. The van der Waals surface area contributed by atoms with Gasteiger partial charge in [-0.2, -0.15) is 0 Å². The van der Waals surface area contributed by atoms with Gasteiger partial charge in [-0.15, -0.1) is 22.7 Å². The van der Waals surface area contributed by atoms with Crippen LogP contribution in [0.4, 0.5) is 0 Å². The Morgan fingerprint density at radius 1 is 0.429 bits per heavy atom. The van der Waals surface area contributed by atoms with Crippen LogP contribution in [0.15, 0.2) is 28.5 Å². The Bertz CT molecular complexity index is 1680. The molecular formula is C48H70Br2N2O2S2. The number of unbranched alkanes of at least 4 members (excludes halogenated alkanes) is 20. The minimum atomic E-state index is 0.837. The van der Waals surface area contributed by atoms with E-state index >= 15 is 0 Å². The lowest BCUT2D eigenvalue weighted by Gasteiger charge is -2.05. The first-order chi connectivity index (χ1) is 27.5. The largest absolute Gasteiger partial charge is 0.440 e. The molecule has 310 valence electrons. The van der Waals surface area contributed by atoms with E-state index in [0.717, 1.165) is 83.6 Å². The topological polar surface area (TPSA) is 52.1 Å². The Morgan fingerprint density at radius 3 is 1.07 bits per heavy atom. The quantitative estimate of drug-likeness (QED) is 0.0431. The van der Waals surface area contributed by atoms with E-state index in [2.05, 4.69) is 71.7 Å². The Labute approximate surface area is 364 Å². The van der Waals surface area contributed by atoms with Gasteiger partial charge in [0.15, 0.2) is 22.9 Å². The van der Waals surface area contributed by atoms with Crippen LogP contribution in [0.25, 0.3) is 43.1 Å². The summed E-state index contributed by atoms with van der Waals surface area (Å²) in [6.45, 7) is 9.14. The summed E-state index contributed by atoms with van der Waals surface area (Å²) >= 11 is 11.6. The maximum Gasteiger partial charge on any atom is 0.195 e. The van der Waals surface area contributed by atoms with Gasteiger partial charge in [0.1, 0.15) is 11.0 Å². The number of thiophene rings is 2. The van der Waals surface area contributed by atoms with Crippen molar-refractivity contribution in [3.05, 3.63) is 42.6 Å². The molecular weight excluding hydrogens is 860 g/mol. The van der Waals surface area contributed by atoms with E-state index in [1.165, 1.54) is 170 Å². The maximum atomic E-state index is 6.92. The number of fused-ring (bicyclic) bond motifs is 2.